The van der Waals surface area contributed by atoms with Gasteiger partial charge in [0.05, 0.1) is 5.69 Å². The molecule has 1 fully saturated rings. The van der Waals surface area contributed by atoms with E-state index < -0.39 is 0 Å². The van der Waals surface area contributed by atoms with Gasteiger partial charge in [-0.05, 0) is 72.4 Å². The van der Waals surface area contributed by atoms with Gasteiger partial charge in [0.1, 0.15) is 0 Å². The summed E-state index contributed by atoms with van der Waals surface area (Å²) in [6, 6.07) is 5.38. The third kappa shape index (κ3) is 4.79. The van der Waals surface area contributed by atoms with Crippen LogP contribution in [0.3, 0.4) is 0 Å². The third-order valence-electron chi connectivity index (χ3n) is 3.44. The standard InChI is InChI=1S/C14H18BrClN2O/c15-12-3-2-11(16)9-13(12)18-14(19)4-1-10-5-7-17-8-6-10/h2-3,9-10,17H,1,4-8H2,(H,18,19). The zero-order valence-electron chi connectivity index (χ0n) is 10.7. The molecule has 2 rings (SSSR count). The van der Waals surface area contributed by atoms with Crippen molar-refractivity contribution in [2.75, 3.05) is 18.4 Å². The molecular weight excluding hydrogens is 328 g/mol. The van der Waals surface area contributed by atoms with Crippen LogP contribution in [0.15, 0.2) is 22.7 Å². The number of carbonyl (C=O) groups excluding carboxylic acids is 1. The molecular formula is C14H18BrClN2O. The highest BCUT2D eigenvalue weighted by molar-refractivity contribution is 9.10. The quantitative estimate of drug-likeness (QED) is 0.871. The van der Waals surface area contributed by atoms with Crippen molar-refractivity contribution in [2.24, 2.45) is 5.92 Å². The fourth-order valence-corrected chi connectivity index (χ4v) is 2.83. The maximum Gasteiger partial charge on any atom is 0.224 e. The summed E-state index contributed by atoms with van der Waals surface area (Å²) in [6.07, 6.45) is 3.89. The van der Waals surface area contributed by atoms with E-state index in [0.717, 1.165) is 29.7 Å². The van der Waals surface area contributed by atoms with E-state index in [9.17, 15) is 4.79 Å². The Morgan fingerprint density at radius 3 is 2.89 bits per heavy atom. The first-order valence-corrected chi connectivity index (χ1v) is 7.78. The first kappa shape index (κ1) is 14.8. The molecule has 2 N–H and O–H groups in total. The highest BCUT2D eigenvalue weighted by Crippen LogP contribution is 2.26. The van der Waals surface area contributed by atoms with Crippen LogP contribution in [0.25, 0.3) is 0 Å². The van der Waals surface area contributed by atoms with Crippen molar-refractivity contribution in [3.63, 3.8) is 0 Å². The van der Waals surface area contributed by atoms with Crippen LogP contribution < -0.4 is 10.6 Å². The Balaban J connectivity index is 1.81. The SMILES string of the molecule is O=C(CCC1CCNCC1)Nc1cc(Cl)ccc1Br. The molecule has 1 aromatic rings. The maximum atomic E-state index is 11.9. The molecule has 0 saturated carbocycles. The molecule has 1 aliphatic heterocycles. The van der Waals surface area contributed by atoms with Gasteiger partial charge in [0.2, 0.25) is 5.91 Å². The van der Waals surface area contributed by atoms with E-state index in [1.165, 1.54) is 12.8 Å². The second kappa shape index (κ2) is 7.27. The van der Waals surface area contributed by atoms with Crippen molar-refractivity contribution in [1.82, 2.24) is 5.32 Å². The molecule has 3 nitrogen and oxygen atoms in total. The number of piperidine rings is 1. The summed E-state index contributed by atoms with van der Waals surface area (Å²) in [5, 5.41) is 6.86. The molecule has 0 atom stereocenters. The summed E-state index contributed by atoms with van der Waals surface area (Å²) in [5.41, 5.74) is 0.739. The van der Waals surface area contributed by atoms with Crippen molar-refractivity contribution >= 4 is 39.1 Å². The Hall–Kier alpha value is -0.580. The number of benzene rings is 1. The number of rotatable bonds is 4. The number of carbonyl (C=O) groups is 1. The molecule has 1 amide bonds. The number of hydrogen-bond donors (Lipinski definition) is 2. The summed E-state index contributed by atoms with van der Waals surface area (Å²) in [5.74, 6) is 0.733. The van der Waals surface area contributed by atoms with E-state index in [1.807, 2.05) is 6.07 Å². The summed E-state index contributed by atoms with van der Waals surface area (Å²) in [4.78, 5) is 11.9. The second-order valence-corrected chi connectivity index (χ2v) is 6.20. The summed E-state index contributed by atoms with van der Waals surface area (Å²) in [6.45, 7) is 2.15. The Morgan fingerprint density at radius 2 is 2.16 bits per heavy atom. The van der Waals surface area contributed by atoms with Crippen LogP contribution in [0, 0.1) is 5.92 Å². The minimum Gasteiger partial charge on any atom is -0.325 e. The van der Waals surface area contributed by atoms with Gasteiger partial charge in [0.25, 0.3) is 0 Å². The molecule has 1 aromatic carbocycles. The molecule has 0 spiro atoms. The van der Waals surface area contributed by atoms with Crippen molar-refractivity contribution in [1.29, 1.82) is 0 Å². The summed E-state index contributed by atoms with van der Waals surface area (Å²) >= 11 is 9.33. The van der Waals surface area contributed by atoms with Crippen LogP contribution in [-0.2, 0) is 4.79 Å². The second-order valence-electron chi connectivity index (χ2n) is 4.90. The third-order valence-corrected chi connectivity index (χ3v) is 4.37. The van der Waals surface area contributed by atoms with Gasteiger partial charge in [-0.2, -0.15) is 0 Å². The predicted molar refractivity (Wildman–Crippen MR) is 82.6 cm³/mol. The minimum absolute atomic E-state index is 0.0569. The largest absolute Gasteiger partial charge is 0.325 e. The smallest absolute Gasteiger partial charge is 0.224 e. The molecule has 1 saturated heterocycles. The Kier molecular flexibility index (Phi) is 5.67. The van der Waals surface area contributed by atoms with Gasteiger partial charge in [-0.25, -0.2) is 0 Å². The zero-order valence-corrected chi connectivity index (χ0v) is 13.1. The highest BCUT2D eigenvalue weighted by Gasteiger charge is 2.15. The number of nitrogens with one attached hydrogen (secondary N) is 2. The summed E-state index contributed by atoms with van der Waals surface area (Å²) < 4.78 is 0.854. The molecule has 19 heavy (non-hydrogen) atoms. The van der Waals surface area contributed by atoms with Crippen molar-refractivity contribution in [3.05, 3.63) is 27.7 Å². The van der Waals surface area contributed by atoms with Gasteiger partial charge in [-0.1, -0.05) is 11.6 Å². The zero-order chi connectivity index (χ0) is 13.7. The van der Waals surface area contributed by atoms with Crippen molar-refractivity contribution in [2.45, 2.75) is 25.7 Å². The lowest BCUT2D eigenvalue weighted by Crippen LogP contribution is -2.28. The fraction of sp³-hybridized carbons (Fsp3) is 0.500. The maximum absolute atomic E-state index is 11.9. The van der Waals surface area contributed by atoms with Gasteiger partial charge >= 0.3 is 0 Å². The first-order chi connectivity index (χ1) is 9.15. The van der Waals surface area contributed by atoms with Crippen LogP contribution >= 0.6 is 27.5 Å². The predicted octanol–water partition coefficient (Wildman–Crippen LogP) is 3.82. The molecule has 1 heterocycles. The highest BCUT2D eigenvalue weighted by atomic mass is 79.9. The van der Waals surface area contributed by atoms with Gasteiger partial charge in [-0.3, -0.25) is 4.79 Å². The van der Waals surface area contributed by atoms with Gasteiger partial charge in [-0.15, -0.1) is 0 Å². The number of amides is 1. The number of anilines is 1. The summed E-state index contributed by atoms with van der Waals surface area (Å²) in [7, 11) is 0. The van der Waals surface area contributed by atoms with E-state index >= 15 is 0 Å². The Morgan fingerprint density at radius 1 is 1.42 bits per heavy atom. The topological polar surface area (TPSA) is 41.1 Å². The lowest BCUT2D eigenvalue weighted by Gasteiger charge is -2.22. The number of halogens is 2. The van der Waals surface area contributed by atoms with E-state index in [4.69, 9.17) is 11.6 Å². The van der Waals surface area contributed by atoms with Crippen LogP contribution in [0.2, 0.25) is 5.02 Å². The molecule has 0 aliphatic carbocycles. The molecule has 1 aliphatic rings. The van der Waals surface area contributed by atoms with E-state index in [1.54, 1.807) is 12.1 Å². The van der Waals surface area contributed by atoms with Gasteiger partial charge in [0, 0.05) is 15.9 Å². The monoisotopic (exact) mass is 344 g/mol. The fourth-order valence-electron chi connectivity index (χ4n) is 2.31. The van der Waals surface area contributed by atoms with Gasteiger partial charge in [0.15, 0.2) is 0 Å². The lowest BCUT2D eigenvalue weighted by atomic mass is 9.93. The van der Waals surface area contributed by atoms with Crippen molar-refractivity contribution < 1.29 is 4.79 Å². The first-order valence-electron chi connectivity index (χ1n) is 6.61. The lowest BCUT2D eigenvalue weighted by molar-refractivity contribution is -0.116. The normalized spacial score (nSPS) is 16.3. The average molecular weight is 346 g/mol. The number of hydrogen-bond acceptors (Lipinski definition) is 2. The van der Waals surface area contributed by atoms with Gasteiger partial charge < -0.3 is 10.6 Å². The minimum atomic E-state index is 0.0569. The molecule has 0 bridgehead atoms. The van der Waals surface area contributed by atoms with Crippen LogP contribution in [0.5, 0.6) is 0 Å². The Bertz CT molecular complexity index is 447. The van der Waals surface area contributed by atoms with Crippen LogP contribution in [-0.4, -0.2) is 19.0 Å². The van der Waals surface area contributed by atoms with Crippen LogP contribution in [0.1, 0.15) is 25.7 Å². The molecule has 104 valence electrons. The van der Waals surface area contributed by atoms with Crippen LogP contribution in [0.4, 0.5) is 5.69 Å². The average Bonchev–Trinajstić information content (AvgIpc) is 2.42. The van der Waals surface area contributed by atoms with E-state index in [-0.39, 0.29) is 5.91 Å². The molecule has 0 aromatic heterocycles. The molecule has 5 heteroatoms. The van der Waals surface area contributed by atoms with E-state index in [2.05, 4.69) is 26.6 Å². The Labute approximate surface area is 127 Å². The molecule has 0 radical (unpaired) electrons. The van der Waals surface area contributed by atoms with Crippen molar-refractivity contribution in [3.8, 4) is 0 Å². The van der Waals surface area contributed by atoms with E-state index in [0.29, 0.717) is 17.4 Å². The molecule has 0 unspecified atom stereocenters.